The summed E-state index contributed by atoms with van der Waals surface area (Å²) < 4.78 is 0. The molecule has 6 heteroatoms. The number of aromatic nitrogens is 4. The molecule has 3 aromatic rings. The summed E-state index contributed by atoms with van der Waals surface area (Å²) in [6.07, 6.45) is 4.72. The van der Waals surface area contributed by atoms with Gasteiger partial charge in [-0.25, -0.2) is 19.9 Å². The minimum Gasteiger partial charge on any atom is -0.366 e. The molecule has 0 atom stereocenters. The third-order valence-electron chi connectivity index (χ3n) is 4.98. The molecule has 1 aliphatic rings. The van der Waals surface area contributed by atoms with E-state index in [4.69, 9.17) is 4.98 Å². The third-order valence-corrected chi connectivity index (χ3v) is 4.98. The molecule has 26 heavy (non-hydrogen) atoms. The molecule has 0 saturated carbocycles. The van der Waals surface area contributed by atoms with E-state index in [9.17, 15) is 0 Å². The van der Waals surface area contributed by atoms with Crippen molar-refractivity contribution in [2.45, 2.75) is 39.2 Å². The first kappa shape index (κ1) is 16.7. The second-order valence-corrected chi connectivity index (χ2v) is 6.77. The van der Waals surface area contributed by atoms with Crippen molar-refractivity contribution in [3.8, 4) is 0 Å². The number of anilines is 2. The molecule has 134 valence electrons. The van der Waals surface area contributed by atoms with E-state index in [0.29, 0.717) is 6.04 Å². The van der Waals surface area contributed by atoms with Crippen molar-refractivity contribution in [2.24, 2.45) is 0 Å². The minimum absolute atomic E-state index is 0.410. The lowest BCUT2D eigenvalue weighted by molar-refractivity contribution is 0.521. The molecule has 0 unspecified atom stereocenters. The topological polar surface area (TPSA) is 66.8 Å². The van der Waals surface area contributed by atoms with E-state index in [2.05, 4.69) is 38.2 Å². The van der Waals surface area contributed by atoms with E-state index in [1.54, 1.807) is 6.33 Å². The number of piperidine rings is 1. The van der Waals surface area contributed by atoms with Gasteiger partial charge in [0.1, 0.15) is 18.0 Å². The zero-order valence-corrected chi connectivity index (χ0v) is 15.3. The third kappa shape index (κ3) is 3.45. The van der Waals surface area contributed by atoms with Crippen molar-refractivity contribution in [3.05, 3.63) is 48.0 Å². The molecule has 1 fully saturated rings. The Morgan fingerprint density at radius 3 is 2.54 bits per heavy atom. The minimum atomic E-state index is 0.410. The fourth-order valence-corrected chi connectivity index (χ4v) is 3.42. The van der Waals surface area contributed by atoms with Crippen molar-refractivity contribution in [1.82, 2.24) is 19.9 Å². The van der Waals surface area contributed by atoms with E-state index in [-0.39, 0.29) is 0 Å². The van der Waals surface area contributed by atoms with Crippen molar-refractivity contribution in [2.75, 3.05) is 23.3 Å². The number of hydrogen-bond donors (Lipinski definition) is 1. The zero-order chi connectivity index (χ0) is 17.9. The molecule has 0 spiro atoms. The lowest BCUT2D eigenvalue weighted by Crippen LogP contribution is -2.39. The summed E-state index contributed by atoms with van der Waals surface area (Å²) in [5, 5.41) is 3.60. The number of benzene rings is 1. The lowest BCUT2D eigenvalue weighted by Gasteiger charge is -2.33. The number of rotatable bonds is 4. The van der Waals surface area contributed by atoms with Gasteiger partial charge in [0.25, 0.3) is 0 Å². The fourth-order valence-electron chi connectivity index (χ4n) is 3.42. The summed E-state index contributed by atoms with van der Waals surface area (Å²) >= 11 is 0. The van der Waals surface area contributed by atoms with Gasteiger partial charge in [0, 0.05) is 30.9 Å². The maximum atomic E-state index is 4.76. The maximum Gasteiger partial charge on any atom is 0.148 e. The Labute approximate surface area is 153 Å². The van der Waals surface area contributed by atoms with Crippen LogP contribution >= 0.6 is 0 Å². The van der Waals surface area contributed by atoms with Crippen molar-refractivity contribution < 1.29 is 0 Å². The predicted molar refractivity (Wildman–Crippen MR) is 105 cm³/mol. The van der Waals surface area contributed by atoms with Gasteiger partial charge in [0.2, 0.25) is 0 Å². The van der Waals surface area contributed by atoms with Crippen LogP contribution in [0.1, 0.15) is 31.2 Å². The van der Waals surface area contributed by atoms with Gasteiger partial charge in [-0.1, -0.05) is 19.1 Å². The van der Waals surface area contributed by atoms with Crippen LogP contribution in [-0.2, 0) is 6.42 Å². The van der Waals surface area contributed by atoms with Gasteiger partial charge in [-0.15, -0.1) is 0 Å². The standard InChI is InChI=1S/C20H24N6/c1-3-15-12-19(22-13-21-15)26-10-8-16(9-11-26)24-20-14(2)23-17-6-4-5-7-18(17)25-20/h4-7,12-13,16H,3,8-11H2,1-2H3,(H,24,25). The molecule has 6 nitrogen and oxygen atoms in total. The predicted octanol–water partition coefficient (Wildman–Crippen LogP) is 3.37. The van der Waals surface area contributed by atoms with E-state index >= 15 is 0 Å². The highest BCUT2D eigenvalue weighted by Gasteiger charge is 2.21. The Morgan fingerprint density at radius 2 is 1.81 bits per heavy atom. The van der Waals surface area contributed by atoms with Crippen LogP contribution in [0, 0.1) is 6.92 Å². The summed E-state index contributed by atoms with van der Waals surface area (Å²) in [4.78, 5) is 20.5. The number of hydrogen-bond acceptors (Lipinski definition) is 6. The summed E-state index contributed by atoms with van der Waals surface area (Å²) in [6, 6.07) is 10.5. The Bertz CT molecular complexity index is 902. The van der Waals surface area contributed by atoms with E-state index in [1.165, 1.54) is 0 Å². The second-order valence-electron chi connectivity index (χ2n) is 6.77. The zero-order valence-electron chi connectivity index (χ0n) is 15.3. The summed E-state index contributed by atoms with van der Waals surface area (Å²) in [5.74, 6) is 1.94. The highest BCUT2D eigenvalue weighted by atomic mass is 15.2. The second kappa shape index (κ2) is 7.23. The van der Waals surface area contributed by atoms with E-state index in [1.807, 2.05) is 31.2 Å². The summed E-state index contributed by atoms with van der Waals surface area (Å²) in [7, 11) is 0. The van der Waals surface area contributed by atoms with Crippen LogP contribution < -0.4 is 10.2 Å². The average Bonchev–Trinajstić information content (AvgIpc) is 2.69. The Kier molecular flexibility index (Phi) is 4.65. The quantitative estimate of drug-likeness (QED) is 0.780. The van der Waals surface area contributed by atoms with Crippen LogP contribution in [0.3, 0.4) is 0 Å². The van der Waals surface area contributed by atoms with Crippen LogP contribution in [0.5, 0.6) is 0 Å². The van der Waals surface area contributed by atoms with E-state index in [0.717, 1.165) is 66.4 Å². The first-order valence-corrected chi connectivity index (χ1v) is 9.28. The molecule has 1 N–H and O–H groups in total. The Morgan fingerprint density at radius 1 is 1.08 bits per heavy atom. The highest BCUT2D eigenvalue weighted by Crippen LogP contribution is 2.22. The van der Waals surface area contributed by atoms with Crippen molar-refractivity contribution >= 4 is 22.7 Å². The highest BCUT2D eigenvalue weighted by molar-refractivity contribution is 5.76. The summed E-state index contributed by atoms with van der Waals surface area (Å²) in [6.45, 7) is 6.11. The summed E-state index contributed by atoms with van der Waals surface area (Å²) in [5.41, 5.74) is 3.93. The molecule has 2 aromatic heterocycles. The molecule has 1 aromatic carbocycles. The number of nitrogens with zero attached hydrogens (tertiary/aromatic N) is 5. The Hall–Kier alpha value is -2.76. The van der Waals surface area contributed by atoms with Gasteiger partial charge in [0.05, 0.1) is 16.7 Å². The molecular weight excluding hydrogens is 324 g/mol. The molecule has 0 bridgehead atoms. The maximum absolute atomic E-state index is 4.76. The van der Waals surface area contributed by atoms with E-state index < -0.39 is 0 Å². The van der Waals surface area contributed by atoms with Gasteiger partial charge in [-0.2, -0.15) is 0 Å². The first-order valence-electron chi connectivity index (χ1n) is 9.28. The van der Waals surface area contributed by atoms with Crippen molar-refractivity contribution in [3.63, 3.8) is 0 Å². The molecule has 0 amide bonds. The van der Waals surface area contributed by atoms with Crippen LogP contribution in [0.15, 0.2) is 36.7 Å². The first-order chi connectivity index (χ1) is 12.7. The SMILES string of the molecule is CCc1cc(N2CCC(Nc3nc4ccccc4nc3C)CC2)ncn1. The van der Waals surface area contributed by atoms with Crippen LogP contribution in [0.25, 0.3) is 11.0 Å². The molecular formula is C20H24N6. The number of aryl methyl sites for hydroxylation is 2. The molecule has 1 aliphatic heterocycles. The van der Waals surface area contributed by atoms with Crippen LogP contribution in [-0.4, -0.2) is 39.1 Å². The molecule has 4 rings (SSSR count). The number of para-hydroxylation sites is 2. The molecule has 0 radical (unpaired) electrons. The van der Waals surface area contributed by atoms with Gasteiger partial charge in [-0.3, -0.25) is 0 Å². The monoisotopic (exact) mass is 348 g/mol. The fraction of sp³-hybridized carbons (Fsp3) is 0.400. The van der Waals surface area contributed by atoms with Gasteiger partial charge in [0.15, 0.2) is 0 Å². The van der Waals surface area contributed by atoms with Crippen LogP contribution in [0.2, 0.25) is 0 Å². The largest absolute Gasteiger partial charge is 0.366 e. The van der Waals surface area contributed by atoms with Gasteiger partial charge >= 0.3 is 0 Å². The van der Waals surface area contributed by atoms with Gasteiger partial charge < -0.3 is 10.2 Å². The molecule has 0 aliphatic carbocycles. The van der Waals surface area contributed by atoms with Crippen molar-refractivity contribution in [1.29, 1.82) is 0 Å². The molecule has 1 saturated heterocycles. The number of fused-ring (bicyclic) bond motifs is 1. The Balaban J connectivity index is 1.43. The molecule has 3 heterocycles. The lowest BCUT2D eigenvalue weighted by atomic mass is 10.0. The number of nitrogens with one attached hydrogen (secondary N) is 1. The van der Waals surface area contributed by atoms with Crippen LogP contribution in [0.4, 0.5) is 11.6 Å². The normalized spacial score (nSPS) is 15.4. The van der Waals surface area contributed by atoms with Gasteiger partial charge in [-0.05, 0) is 38.3 Å². The smallest absolute Gasteiger partial charge is 0.148 e. The average molecular weight is 348 g/mol.